The van der Waals surface area contributed by atoms with E-state index in [0.717, 1.165) is 0 Å². The summed E-state index contributed by atoms with van der Waals surface area (Å²) in [4.78, 5) is 0. The SMILES string of the molecule is CCOP(=S)(OCC)SCSP(=S)(OCC)OCC.COc1ccccc1O. The number of aromatic hydroxyl groups is 1. The number of rotatable bonds is 13. The van der Waals surface area contributed by atoms with Crippen LogP contribution < -0.4 is 4.74 Å². The van der Waals surface area contributed by atoms with Crippen molar-refractivity contribution < 1.29 is 27.9 Å². The fourth-order valence-electron chi connectivity index (χ4n) is 1.64. The third-order valence-corrected chi connectivity index (χ3v) is 14.7. The van der Waals surface area contributed by atoms with Crippen molar-refractivity contribution in [1.82, 2.24) is 0 Å². The number of phenolic OH excluding ortho intramolecular Hbond substituents is 1. The first-order valence-corrected chi connectivity index (χ1v) is 17.1. The molecule has 1 N–H and O–H groups in total. The van der Waals surface area contributed by atoms with Crippen LogP contribution >= 0.6 is 34.2 Å². The average molecular weight is 509 g/mol. The smallest absolute Gasteiger partial charge is 0.248 e. The summed E-state index contributed by atoms with van der Waals surface area (Å²) >= 11 is 13.9. The van der Waals surface area contributed by atoms with Crippen molar-refractivity contribution in [3.8, 4) is 11.5 Å². The molecule has 6 nitrogen and oxygen atoms in total. The molecule has 1 aromatic rings. The van der Waals surface area contributed by atoms with Crippen molar-refractivity contribution in [2.24, 2.45) is 0 Å². The molecule has 0 amide bonds. The van der Waals surface area contributed by atoms with Gasteiger partial charge in [-0.25, -0.2) is 0 Å². The lowest BCUT2D eigenvalue weighted by molar-refractivity contribution is 0.280. The van der Waals surface area contributed by atoms with Crippen LogP contribution in [0.2, 0.25) is 0 Å². The standard InChI is InChI=1S/C9H22O4P2S4.C7H8O2/c1-5-10-14(16,11-6-2)18-9-19-15(17,12-7-3)13-8-4;1-9-7-5-3-2-4-6(7)8/h5-9H2,1-4H3;2-5,8H,1H3. The molecule has 0 radical (unpaired) electrons. The van der Waals surface area contributed by atoms with Crippen molar-refractivity contribution >= 4 is 57.8 Å². The van der Waals surface area contributed by atoms with Gasteiger partial charge in [0, 0.05) is 0 Å². The van der Waals surface area contributed by atoms with E-state index in [9.17, 15) is 0 Å². The molecule has 0 aliphatic rings. The van der Waals surface area contributed by atoms with Gasteiger partial charge in [-0.05, 0) is 63.4 Å². The van der Waals surface area contributed by atoms with Gasteiger partial charge in [0.2, 0.25) is 11.4 Å². The first-order chi connectivity index (χ1) is 13.3. The maximum absolute atomic E-state index is 8.99. The summed E-state index contributed by atoms with van der Waals surface area (Å²) in [5, 5.41) is 9.65. The normalized spacial score (nSPS) is 11.6. The predicted octanol–water partition coefficient (Wildman–Crippen LogP) is 6.41. The summed E-state index contributed by atoms with van der Waals surface area (Å²) in [7, 11) is 1.52. The first-order valence-electron chi connectivity index (χ1n) is 8.68. The lowest BCUT2D eigenvalue weighted by atomic mass is 10.3. The van der Waals surface area contributed by atoms with Crippen molar-refractivity contribution in [2.75, 3.05) is 38.6 Å². The van der Waals surface area contributed by atoms with Crippen molar-refractivity contribution in [2.45, 2.75) is 27.7 Å². The molecule has 0 unspecified atom stereocenters. The number of hydrogen-bond acceptors (Lipinski definition) is 10. The molecule has 0 aliphatic carbocycles. The van der Waals surface area contributed by atoms with E-state index in [1.165, 1.54) is 29.9 Å². The van der Waals surface area contributed by atoms with E-state index < -0.39 is 11.4 Å². The van der Waals surface area contributed by atoms with E-state index in [-0.39, 0.29) is 5.75 Å². The van der Waals surface area contributed by atoms with Crippen LogP contribution in [0.5, 0.6) is 11.5 Å². The summed E-state index contributed by atoms with van der Waals surface area (Å²) in [6.07, 6.45) is 0. The van der Waals surface area contributed by atoms with Crippen LogP contribution in [0.1, 0.15) is 27.7 Å². The lowest BCUT2D eigenvalue weighted by Gasteiger charge is -2.23. The third-order valence-electron chi connectivity index (χ3n) is 2.66. The van der Waals surface area contributed by atoms with Gasteiger partial charge in [0.1, 0.15) is 0 Å². The zero-order valence-corrected chi connectivity index (χ0v) is 21.9. The quantitative estimate of drug-likeness (QED) is 0.239. The second kappa shape index (κ2) is 16.4. The number of hydrogen-bond donors (Lipinski definition) is 1. The largest absolute Gasteiger partial charge is 0.504 e. The highest BCUT2D eigenvalue weighted by atomic mass is 32.9. The number of benzene rings is 1. The Labute approximate surface area is 187 Å². The maximum atomic E-state index is 8.99. The van der Waals surface area contributed by atoms with Crippen molar-refractivity contribution in [3.05, 3.63) is 24.3 Å². The second-order valence-electron chi connectivity index (χ2n) is 4.61. The van der Waals surface area contributed by atoms with Gasteiger partial charge in [0.25, 0.3) is 0 Å². The predicted molar refractivity (Wildman–Crippen MR) is 130 cm³/mol. The number of ether oxygens (including phenoxy) is 1. The van der Waals surface area contributed by atoms with E-state index in [0.29, 0.717) is 37.3 Å². The molecule has 0 aliphatic heterocycles. The number of phenols is 1. The topological polar surface area (TPSA) is 66.4 Å². The average Bonchev–Trinajstić information content (AvgIpc) is 2.63. The van der Waals surface area contributed by atoms with Crippen LogP contribution in [0, 0.1) is 0 Å². The minimum absolute atomic E-state index is 0.181. The van der Waals surface area contributed by atoms with Crippen molar-refractivity contribution in [1.29, 1.82) is 0 Å². The summed E-state index contributed by atoms with van der Waals surface area (Å²) in [6, 6.07) is 6.84. The molecule has 0 saturated carbocycles. The minimum Gasteiger partial charge on any atom is -0.504 e. The Kier molecular flexibility index (Phi) is 16.8. The molecule has 0 atom stereocenters. The fourth-order valence-corrected chi connectivity index (χ4v) is 14.3. The molecule has 0 aromatic heterocycles. The van der Waals surface area contributed by atoms with Gasteiger partial charge in [-0.2, -0.15) is 0 Å². The molecule has 1 rings (SSSR count). The molecular formula is C16H30O6P2S4. The highest BCUT2D eigenvalue weighted by Crippen LogP contribution is 2.67. The van der Waals surface area contributed by atoms with E-state index in [1.54, 1.807) is 24.3 Å². The van der Waals surface area contributed by atoms with Crippen LogP contribution in [-0.4, -0.2) is 43.7 Å². The maximum Gasteiger partial charge on any atom is 0.248 e. The Morgan fingerprint density at radius 1 is 0.821 bits per heavy atom. The molecule has 0 spiro atoms. The monoisotopic (exact) mass is 508 g/mol. The summed E-state index contributed by atoms with van der Waals surface area (Å²) in [5.41, 5.74) is -4.51. The van der Waals surface area contributed by atoms with Gasteiger partial charge in [-0.3, -0.25) is 0 Å². The summed E-state index contributed by atoms with van der Waals surface area (Å²) in [6.45, 7) is 9.88. The zero-order chi connectivity index (χ0) is 21.5. The Hall–Kier alpha value is 0.660. The van der Waals surface area contributed by atoms with Crippen LogP contribution in [0.15, 0.2) is 24.3 Å². The highest BCUT2D eigenvalue weighted by molar-refractivity contribution is 8.76. The molecule has 164 valence electrons. The Bertz CT molecular complexity index is 585. The molecule has 0 bridgehead atoms. The molecule has 0 fully saturated rings. The first kappa shape index (κ1) is 28.7. The van der Waals surface area contributed by atoms with Crippen LogP contribution in [0.4, 0.5) is 0 Å². The van der Waals surface area contributed by atoms with Crippen LogP contribution in [-0.2, 0) is 41.7 Å². The van der Waals surface area contributed by atoms with Crippen molar-refractivity contribution in [3.63, 3.8) is 0 Å². The summed E-state index contributed by atoms with van der Waals surface area (Å²) < 4.78 is 27.0. The van der Waals surface area contributed by atoms with E-state index in [1.807, 2.05) is 27.7 Å². The van der Waals surface area contributed by atoms with Gasteiger partial charge in [-0.1, -0.05) is 34.9 Å². The van der Waals surface area contributed by atoms with Crippen LogP contribution in [0.25, 0.3) is 0 Å². The molecular weight excluding hydrogens is 478 g/mol. The molecule has 0 saturated heterocycles. The highest BCUT2D eigenvalue weighted by Gasteiger charge is 2.23. The summed E-state index contributed by atoms with van der Waals surface area (Å²) in [5.74, 6) is 0.692. The lowest BCUT2D eigenvalue weighted by Crippen LogP contribution is -1.94. The minimum atomic E-state index is -2.25. The molecule has 0 heterocycles. The molecule has 1 aromatic carbocycles. The van der Waals surface area contributed by atoms with Gasteiger partial charge < -0.3 is 27.9 Å². The second-order valence-corrected chi connectivity index (χ2v) is 17.6. The Balaban J connectivity index is 0.000000668. The molecule has 12 heteroatoms. The number of methoxy groups -OCH3 is 1. The van der Waals surface area contributed by atoms with E-state index >= 15 is 0 Å². The number of para-hydroxylation sites is 2. The zero-order valence-electron chi connectivity index (χ0n) is 16.9. The van der Waals surface area contributed by atoms with E-state index in [2.05, 4.69) is 0 Å². The Morgan fingerprint density at radius 3 is 1.50 bits per heavy atom. The van der Waals surface area contributed by atoms with Crippen LogP contribution in [0.3, 0.4) is 0 Å². The fraction of sp³-hybridized carbons (Fsp3) is 0.625. The Morgan fingerprint density at radius 2 is 1.21 bits per heavy atom. The van der Waals surface area contributed by atoms with Gasteiger partial charge in [0.05, 0.1) is 38.6 Å². The van der Waals surface area contributed by atoms with Gasteiger partial charge >= 0.3 is 0 Å². The third kappa shape index (κ3) is 12.4. The van der Waals surface area contributed by atoms with Gasteiger partial charge in [-0.15, -0.1) is 0 Å². The van der Waals surface area contributed by atoms with Gasteiger partial charge in [0.15, 0.2) is 11.5 Å². The van der Waals surface area contributed by atoms with E-state index in [4.69, 9.17) is 51.6 Å². The molecule has 28 heavy (non-hydrogen) atoms.